The molecule has 0 radical (unpaired) electrons. The summed E-state index contributed by atoms with van der Waals surface area (Å²) in [6.07, 6.45) is 8.00. The molecule has 0 aliphatic heterocycles. The number of anilines is 1. The molecule has 2 saturated carbocycles. The molecule has 1 aromatic carbocycles. The molecule has 1 aromatic rings. The van der Waals surface area contributed by atoms with Crippen molar-refractivity contribution in [2.75, 3.05) is 19.4 Å². The maximum atomic E-state index is 12.8. The Labute approximate surface area is 145 Å². The third-order valence-electron chi connectivity index (χ3n) is 6.09. The van der Waals surface area contributed by atoms with Gasteiger partial charge in [-0.2, -0.15) is 0 Å². The van der Waals surface area contributed by atoms with Crippen LogP contribution in [0.25, 0.3) is 0 Å². The van der Waals surface area contributed by atoms with Gasteiger partial charge in [-0.15, -0.1) is 0 Å². The van der Waals surface area contributed by atoms with E-state index in [2.05, 4.69) is 6.92 Å². The van der Waals surface area contributed by atoms with Gasteiger partial charge in [-0.25, -0.2) is 0 Å². The summed E-state index contributed by atoms with van der Waals surface area (Å²) in [5, 5.41) is 0. The zero-order valence-electron chi connectivity index (χ0n) is 15.0. The molecule has 1 amide bonds. The van der Waals surface area contributed by atoms with Gasteiger partial charge in [0.2, 0.25) is 5.91 Å². The SMILES string of the molecule is CCOC1CC(N(C)C(=O)Cc2ccc(N)cc2)C12CCCCC2. The van der Waals surface area contributed by atoms with Crippen LogP contribution in [-0.4, -0.2) is 36.6 Å². The number of nitrogens with two attached hydrogens (primary N) is 1. The molecule has 2 atom stereocenters. The van der Waals surface area contributed by atoms with Crippen LogP contribution in [0.2, 0.25) is 0 Å². The van der Waals surface area contributed by atoms with Gasteiger partial charge in [0.05, 0.1) is 12.5 Å². The number of amides is 1. The average Bonchev–Trinajstić information content (AvgIpc) is 2.60. The predicted molar refractivity (Wildman–Crippen MR) is 96.7 cm³/mol. The summed E-state index contributed by atoms with van der Waals surface area (Å²) in [7, 11) is 1.98. The maximum absolute atomic E-state index is 12.8. The van der Waals surface area contributed by atoms with Crippen molar-refractivity contribution < 1.29 is 9.53 Å². The number of likely N-dealkylation sites (N-methyl/N-ethyl adjacent to an activating group) is 1. The summed E-state index contributed by atoms with van der Waals surface area (Å²) in [4.78, 5) is 14.8. The fraction of sp³-hybridized carbons (Fsp3) is 0.650. The number of hydrogen-bond acceptors (Lipinski definition) is 3. The summed E-state index contributed by atoms with van der Waals surface area (Å²) in [6, 6.07) is 7.94. The normalized spacial score (nSPS) is 25.2. The largest absolute Gasteiger partial charge is 0.399 e. The minimum Gasteiger partial charge on any atom is -0.399 e. The first-order chi connectivity index (χ1) is 11.6. The van der Waals surface area contributed by atoms with Gasteiger partial charge in [-0.1, -0.05) is 31.4 Å². The Hall–Kier alpha value is -1.55. The summed E-state index contributed by atoms with van der Waals surface area (Å²) in [5.41, 5.74) is 7.68. The molecule has 132 valence electrons. The fourth-order valence-electron chi connectivity index (χ4n) is 4.68. The van der Waals surface area contributed by atoms with Crippen LogP contribution >= 0.6 is 0 Å². The van der Waals surface area contributed by atoms with Gasteiger partial charge in [0.1, 0.15) is 0 Å². The van der Waals surface area contributed by atoms with E-state index in [1.807, 2.05) is 36.2 Å². The van der Waals surface area contributed by atoms with E-state index in [9.17, 15) is 4.79 Å². The Bertz CT molecular complexity index is 564. The van der Waals surface area contributed by atoms with Gasteiger partial charge < -0.3 is 15.4 Å². The van der Waals surface area contributed by atoms with Crippen LogP contribution in [0.5, 0.6) is 0 Å². The zero-order valence-corrected chi connectivity index (χ0v) is 15.0. The van der Waals surface area contributed by atoms with Crippen LogP contribution in [0, 0.1) is 5.41 Å². The van der Waals surface area contributed by atoms with Gasteiger partial charge >= 0.3 is 0 Å². The molecule has 0 saturated heterocycles. The second-order valence-electron chi connectivity index (χ2n) is 7.41. The second kappa shape index (κ2) is 7.14. The van der Waals surface area contributed by atoms with Crippen LogP contribution in [0.4, 0.5) is 5.69 Å². The van der Waals surface area contributed by atoms with E-state index >= 15 is 0 Å². The first-order valence-electron chi connectivity index (χ1n) is 9.28. The van der Waals surface area contributed by atoms with Gasteiger partial charge in [-0.3, -0.25) is 4.79 Å². The summed E-state index contributed by atoms with van der Waals surface area (Å²) in [5.74, 6) is 0.199. The molecule has 1 spiro atoms. The van der Waals surface area contributed by atoms with E-state index in [1.165, 1.54) is 32.1 Å². The summed E-state index contributed by atoms with van der Waals surface area (Å²) in [6.45, 7) is 2.84. The highest BCUT2D eigenvalue weighted by Crippen LogP contribution is 2.55. The lowest BCUT2D eigenvalue weighted by Crippen LogP contribution is -2.65. The predicted octanol–water partition coefficient (Wildman–Crippen LogP) is 3.40. The molecule has 3 rings (SSSR count). The molecule has 0 aromatic heterocycles. The van der Waals surface area contributed by atoms with Crippen LogP contribution < -0.4 is 5.73 Å². The lowest BCUT2D eigenvalue weighted by atomic mass is 9.54. The van der Waals surface area contributed by atoms with Gasteiger partial charge in [0, 0.05) is 30.8 Å². The Morgan fingerprint density at radius 2 is 1.92 bits per heavy atom. The quantitative estimate of drug-likeness (QED) is 0.842. The number of carbonyl (C=O) groups excluding carboxylic acids is 1. The number of carbonyl (C=O) groups is 1. The molecule has 2 unspecified atom stereocenters. The Morgan fingerprint density at radius 3 is 2.54 bits per heavy atom. The molecule has 4 nitrogen and oxygen atoms in total. The molecule has 2 fully saturated rings. The smallest absolute Gasteiger partial charge is 0.227 e. The Kier molecular flexibility index (Phi) is 5.14. The minimum atomic E-state index is 0.194. The maximum Gasteiger partial charge on any atom is 0.227 e. The molecule has 24 heavy (non-hydrogen) atoms. The third-order valence-corrected chi connectivity index (χ3v) is 6.09. The van der Waals surface area contributed by atoms with E-state index in [0.717, 1.165) is 24.3 Å². The van der Waals surface area contributed by atoms with Crippen molar-refractivity contribution in [1.82, 2.24) is 4.90 Å². The number of ether oxygens (including phenoxy) is 1. The van der Waals surface area contributed by atoms with Crippen molar-refractivity contribution in [3.63, 3.8) is 0 Å². The first-order valence-corrected chi connectivity index (χ1v) is 9.28. The minimum absolute atomic E-state index is 0.194. The van der Waals surface area contributed by atoms with Crippen molar-refractivity contribution >= 4 is 11.6 Å². The highest BCUT2D eigenvalue weighted by Gasteiger charge is 2.57. The molecule has 4 heteroatoms. The number of hydrogen-bond donors (Lipinski definition) is 1. The molecule has 0 heterocycles. The molecule has 2 N–H and O–H groups in total. The molecular weight excluding hydrogens is 300 g/mol. The Balaban J connectivity index is 1.68. The van der Waals surface area contributed by atoms with Crippen molar-refractivity contribution in [3.8, 4) is 0 Å². The third kappa shape index (κ3) is 3.16. The standard InChI is InChI=1S/C20H30N2O2/c1-3-24-18-14-17(20(18)11-5-4-6-12-20)22(2)19(23)13-15-7-9-16(21)10-8-15/h7-10,17-18H,3-6,11-14,21H2,1-2H3. The van der Waals surface area contributed by atoms with Crippen molar-refractivity contribution in [3.05, 3.63) is 29.8 Å². The van der Waals surface area contributed by atoms with E-state index in [-0.39, 0.29) is 11.3 Å². The van der Waals surface area contributed by atoms with Gasteiger partial charge in [0.25, 0.3) is 0 Å². The fourth-order valence-corrected chi connectivity index (χ4v) is 4.68. The lowest BCUT2D eigenvalue weighted by molar-refractivity contribution is -0.184. The van der Waals surface area contributed by atoms with Crippen molar-refractivity contribution in [2.45, 2.75) is 64.0 Å². The molecule has 2 aliphatic carbocycles. The van der Waals surface area contributed by atoms with Crippen LogP contribution in [0.3, 0.4) is 0 Å². The first kappa shape index (κ1) is 17.3. The lowest BCUT2D eigenvalue weighted by Gasteiger charge is -2.60. The van der Waals surface area contributed by atoms with Crippen molar-refractivity contribution in [1.29, 1.82) is 0 Å². The van der Waals surface area contributed by atoms with Crippen LogP contribution in [-0.2, 0) is 16.0 Å². The van der Waals surface area contributed by atoms with Gasteiger partial charge in [-0.05, 0) is 43.9 Å². The number of nitrogens with zero attached hydrogens (tertiary/aromatic N) is 1. The van der Waals surface area contributed by atoms with E-state index in [1.54, 1.807) is 0 Å². The molecular formula is C20H30N2O2. The second-order valence-corrected chi connectivity index (χ2v) is 7.41. The van der Waals surface area contributed by atoms with E-state index in [4.69, 9.17) is 10.5 Å². The van der Waals surface area contributed by atoms with E-state index in [0.29, 0.717) is 18.6 Å². The Morgan fingerprint density at radius 1 is 1.25 bits per heavy atom. The number of nitrogen functional groups attached to an aromatic ring is 1. The summed E-state index contributed by atoms with van der Waals surface area (Å²) >= 11 is 0. The van der Waals surface area contributed by atoms with E-state index < -0.39 is 0 Å². The highest BCUT2D eigenvalue weighted by molar-refractivity contribution is 5.79. The van der Waals surface area contributed by atoms with Crippen molar-refractivity contribution in [2.24, 2.45) is 5.41 Å². The average molecular weight is 330 g/mol. The number of rotatable bonds is 5. The molecule has 2 aliphatic rings. The monoisotopic (exact) mass is 330 g/mol. The van der Waals surface area contributed by atoms with Crippen LogP contribution in [0.1, 0.15) is 51.0 Å². The highest BCUT2D eigenvalue weighted by atomic mass is 16.5. The topological polar surface area (TPSA) is 55.6 Å². The number of benzene rings is 1. The van der Waals surface area contributed by atoms with Gasteiger partial charge in [0.15, 0.2) is 0 Å². The molecule has 0 bridgehead atoms. The van der Waals surface area contributed by atoms with Crippen LogP contribution in [0.15, 0.2) is 24.3 Å². The summed E-state index contributed by atoms with van der Waals surface area (Å²) < 4.78 is 6.01. The zero-order chi connectivity index (χ0) is 17.2.